The maximum absolute atomic E-state index is 12.0. The average molecular weight is 416 g/mol. The molecule has 1 unspecified atom stereocenters. The third-order valence-corrected chi connectivity index (χ3v) is 7.62. The fourth-order valence-electron chi connectivity index (χ4n) is 4.25. The maximum Gasteiger partial charge on any atom is 0.307 e. The number of nitro groups is 1. The van der Waals surface area contributed by atoms with E-state index in [-0.39, 0.29) is 10.6 Å². The van der Waals surface area contributed by atoms with E-state index in [0.29, 0.717) is 6.04 Å². The lowest BCUT2D eigenvalue weighted by molar-refractivity contribution is -0.387. The predicted octanol–water partition coefficient (Wildman–Crippen LogP) is 5.79. The Morgan fingerprint density at radius 1 is 1.21 bits per heavy atom. The monoisotopic (exact) mass is 415 g/mol. The molecule has 2 heterocycles. The second-order valence-electron chi connectivity index (χ2n) is 7.36. The summed E-state index contributed by atoms with van der Waals surface area (Å²) in [5, 5.41) is 12.0. The molecular weight excluding hydrogens is 390 g/mol. The summed E-state index contributed by atoms with van der Waals surface area (Å²) in [6, 6.07) is 12.7. The van der Waals surface area contributed by atoms with E-state index in [9.17, 15) is 10.1 Å². The van der Waals surface area contributed by atoms with Gasteiger partial charge < -0.3 is 9.80 Å². The number of fused-ring (bicyclic) bond motifs is 2. The average Bonchev–Trinajstić information content (AvgIpc) is 2.71. The highest BCUT2D eigenvalue weighted by molar-refractivity contribution is 8.00. The quantitative estimate of drug-likeness (QED) is 0.350. The molecule has 0 bridgehead atoms. The summed E-state index contributed by atoms with van der Waals surface area (Å²) >= 11 is 3.07. The molecule has 0 saturated carbocycles. The molecule has 2 aromatic carbocycles. The van der Waals surface area contributed by atoms with Gasteiger partial charge in [-0.15, -0.1) is 11.8 Å². The minimum absolute atomic E-state index is 0.209. The van der Waals surface area contributed by atoms with E-state index in [1.54, 1.807) is 11.8 Å². The minimum Gasteiger partial charge on any atom is -0.334 e. The van der Waals surface area contributed by atoms with Crippen LogP contribution in [0.3, 0.4) is 0 Å². The molecular formula is C21H25N3O2S2. The minimum atomic E-state index is -0.209. The Morgan fingerprint density at radius 2 is 2.04 bits per heavy atom. The number of para-hydroxylation sites is 1. The number of nitrogens with zero attached hydrogens (tertiary/aromatic N) is 3. The second-order valence-corrected chi connectivity index (χ2v) is 9.29. The zero-order chi connectivity index (χ0) is 19.7. The fourth-order valence-corrected chi connectivity index (χ4v) is 5.93. The number of thioether (sulfide) groups is 1. The number of anilines is 2. The highest BCUT2D eigenvalue weighted by Crippen LogP contribution is 2.53. The van der Waals surface area contributed by atoms with Crippen molar-refractivity contribution in [3.05, 3.63) is 46.5 Å². The fraction of sp³-hybridized carbons (Fsp3) is 0.429. The lowest BCUT2D eigenvalue weighted by Gasteiger charge is -2.37. The summed E-state index contributed by atoms with van der Waals surface area (Å²) in [5.74, 6) is 0. The molecule has 0 amide bonds. The molecule has 1 saturated heterocycles. The smallest absolute Gasteiger partial charge is 0.307 e. The zero-order valence-electron chi connectivity index (χ0n) is 16.3. The number of piperidine rings is 1. The standard InChI is InChI=1S/C21H25N3O2S2/c1-22-13-6-5-7-15(22)12-14-23-16-8-3-4-9-17(16)28-19-11-10-18(27-2)21(20(19)23)24(25)26/h3-4,8-11,15H,5-7,12-14H2,1-2H3. The molecule has 1 fully saturated rings. The van der Waals surface area contributed by atoms with Gasteiger partial charge in [0, 0.05) is 22.4 Å². The van der Waals surface area contributed by atoms with Gasteiger partial charge in [0.1, 0.15) is 5.69 Å². The van der Waals surface area contributed by atoms with Crippen molar-refractivity contribution in [3.63, 3.8) is 0 Å². The zero-order valence-corrected chi connectivity index (χ0v) is 17.9. The first-order valence-electron chi connectivity index (χ1n) is 9.70. The third kappa shape index (κ3) is 3.63. The van der Waals surface area contributed by atoms with Gasteiger partial charge in [0.15, 0.2) is 0 Å². The van der Waals surface area contributed by atoms with Crippen molar-refractivity contribution in [2.24, 2.45) is 0 Å². The van der Waals surface area contributed by atoms with Gasteiger partial charge in [-0.2, -0.15) is 0 Å². The van der Waals surface area contributed by atoms with E-state index in [1.165, 1.54) is 31.0 Å². The Kier molecular flexibility index (Phi) is 5.85. The van der Waals surface area contributed by atoms with Crippen molar-refractivity contribution < 1.29 is 4.92 Å². The molecule has 0 N–H and O–H groups in total. The van der Waals surface area contributed by atoms with Crippen molar-refractivity contribution in [2.75, 3.05) is 31.3 Å². The van der Waals surface area contributed by atoms with Crippen LogP contribution in [0.5, 0.6) is 0 Å². The molecule has 0 spiro atoms. The number of benzene rings is 2. The highest BCUT2D eigenvalue weighted by Gasteiger charge is 2.33. The van der Waals surface area contributed by atoms with Crippen molar-refractivity contribution in [2.45, 2.75) is 46.4 Å². The maximum atomic E-state index is 12.0. The van der Waals surface area contributed by atoms with Crippen LogP contribution in [0.2, 0.25) is 0 Å². The van der Waals surface area contributed by atoms with E-state index >= 15 is 0 Å². The van der Waals surface area contributed by atoms with Crippen molar-refractivity contribution >= 4 is 40.6 Å². The van der Waals surface area contributed by atoms with E-state index in [2.05, 4.69) is 29.0 Å². The van der Waals surface area contributed by atoms with Gasteiger partial charge in [-0.25, -0.2) is 0 Å². The first-order valence-corrected chi connectivity index (χ1v) is 11.7. The summed E-state index contributed by atoms with van der Waals surface area (Å²) in [7, 11) is 2.20. The Morgan fingerprint density at radius 3 is 2.79 bits per heavy atom. The molecule has 0 aromatic heterocycles. The van der Waals surface area contributed by atoms with Crippen LogP contribution < -0.4 is 4.90 Å². The van der Waals surface area contributed by atoms with Gasteiger partial charge in [-0.05, 0) is 63.4 Å². The highest BCUT2D eigenvalue weighted by atomic mass is 32.2. The third-order valence-electron chi connectivity index (χ3n) is 5.73. The molecule has 5 nitrogen and oxygen atoms in total. The van der Waals surface area contributed by atoms with E-state index in [0.717, 1.165) is 45.6 Å². The van der Waals surface area contributed by atoms with Crippen LogP contribution in [0.4, 0.5) is 17.1 Å². The largest absolute Gasteiger partial charge is 0.334 e. The molecule has 7 heteroatoms. The van der Waals surface area contributed by atoms with Gasteiger partial charge in [0.2, 0.25) is 0 Å². The summed E-state index contributed by atoms with van der Waals surface area (Å²) < 4.78 is 0. The van der Waals surface area contributed by atoms with Crippen LogP contribution in [0.1, 0.15) is 25.7 Å². The number of hydrogen-bond donors (Lipinski definition) is 0. The van der Waals surface area contributed by atoms with Crippen LogP contribution in [-0.4, -0.2) is 42.3 Å². The lowest BCUT2D eigenvalue weighted by Crippen LogP contribution is -2.38. The van der Waals surface area contributed by atoms with Gasteiger partial charge in [-0.3, -0.25) is 10.1 Å². The molecule has 1 atom stereocenters. The van der Waals surface area contributed by atoms with E-state index in [4.69, 9.17) is 0 Å². The van der Waals surface area contributed by atoms with E-state index in [1.807, 2.05) is 30.5 Å². The predicted molar refractivity (Wildman–Crippen MR) is 117 cm³/mol. The number of likely N-dealkylation sites (tertiary alicyclic amines) is 1. The normalized spacial score (nSPS) is 19.2. The molecule has 2 aliphatic rings. The Bertz CT molecular complexity index is 890. The first kappa shape index (κ1) is 19.6. The van der Waals surface area contributed by atoms with Crippen LogP contribution in [-0.2, 0) is 0 Å². The van der Waals surface area contributed by atoms with Gasteiger partial charge in [0.05, 0.1) is 15.5 Å². The molecule has 28 heavy (non-hydrogen) atoms. The molecule has 4 rings (SSSR count). The summed E-state index contributed by atoms with van der Waals surface area (Å²) in [6.07, 6.45) is 6.66. The Hall–Kier alpha value is -1.70. The van der Waals surface area contributed by atoms with Crippen molar-refractivity contribution in [1.29, 1.82) is 0 Å². The number of hydrogen-bond acceptors (Lipinski definition) is 6. The second kappa shape index (κ2) is 8.35. The topological polar surface area (TPSA) is 49.6 Å². The van der Waals surface area contributed by atoms with Gasteiger partial charge >= 0.3 is 5.69 Å². The molecule has 148 valence electrons. The Labute approximate surface area is 174 Å². The molecule has 2 aliphatic heterocycles. The SMILES string of the molecule is CSc1ccc2c(c1[N+](=O)[O-])N(CCC1CCCCN1C)c1ccccc1S2. The number of nitro benzene ring substituents is 1. The molecule has 2 aromatic rings. The van der Waals surface area contributed by atoms with Gasteiger partial charge in [-0.1, -0.05) is 30.3 Å². The van der Waals surface area contributed by atoms with Crippen LogP contribution >= 0.6 is 23.5 Å². The number of rotatable bonds is 5. The summed E-state index contributed by atoms with van der Waals surface area (Å²) in [4.78, 5) is 19.3. The van der Waals surface area contributed by atoms with E-state index < -0.39 is 0 Å². The Balaban J connectivity index is 1.75. The van der Waals surface area contributed by atoms with Crippen LogP contribution in [0, 0.1) is 10.1 Å². The van der Waals surface area contributed by atoms with Crippen LogP contribution in [0.25, 0.3) is 0 Å². The molecule has 0 radical (unpaired) electrons. The first-order chi connectivity index (χ1) is 13.6. The summed E-state index contributed by atoms with van der Waals surface area (Å²) in [6.45, 7) is 1.93. The van der Waals surface area contributed by atoms with Crippen LogP contribution in [0.15, 0.2) is 51.1 Å². The summed E-state index contributed by atoms with van der Waals surface area (Å²) in [5.41, 5.74) is 2.09. The molecule has 0 aliphatic carbocycles. The van der Waals surface area contributed by atoms with Crippen molar-refractivity contribution in [3.8, 4) is 0 Å². The lowest BCUT2D eigenvalue weighted by atomic mass is 9.99. The van der Waals surface area contributed by atoms with Crippen molar-refractivity contribution in [1.82, 2.24) is 4.90 Å². The van der Waals surface area contributed by atoms with Gasteiger partial charge in [0.25, 0.3) is 0 Å².